The van der Waals surface area contributed by atoms with E-state index in [1.807, 2.05) is 18.5 Å². The van der Waals surface area contributed by atoms with Gasteiger partial charge >= 0.3 is 0 Å². The molecule has 0 fully saturated rings. The smallest absolute Gasteiger partial charge is 0.193 e. The van der Waals surface area contributed by atoms with E-state index in [-0.39, 0.29) is 6.04 Å². The topological polar surface area (TPSA) is 42.2 Å². The Morgan fingerprint density at radius 1 is 1.39 bits per heavy atom. The number of hydrogen-bond acceptors (Lipinski definition) is 5. The van der Waals surface area contributed by atoms with Gasteiger partial charge in [-0.15, -0.1) is 22.7 Å². The molecule has 0 aromatic carbocycles. The van der Waals surface area contributed by atoms with Crippen LogP contribution in [-0.4, -0.2) is 14.4 Å². The maximum absolute atomic E-state index is 4.55. The Morgan fingerprint density at radius 3 is 3.00 bits per heavy atom. The van der Waals surface area contributed by atoms with Gasteiger partial charge in [-0.3, -0.25) is 4.40 Å². The summed E-state index contributed by atoms with van der Waals surface area (Å²) >= 11 is 3.36. The standard InChI is InChI=1S/C12H14N4S2/c1-8-7-18-11(14-8)9(2)13-5-10-6-16-3-4-17-12(16)15-10/h3-4,6-7,9,13H,5H2,1-2H3. The van der Waals surface area contributed by atoms with Crippen molar-refractivity contribution in [2.75, 3.05) is 0 Å². The Balaban J connectivity index is 1.65. The van der Waals surface area contributed by atoms with Crippen LogP contribution in [0.2, 0.25) is 0 Å². The first-order valence-electron chi connectivity index (χ1n) is 5.79. The minimum atomic E-state index is 0.267. The zero-order valence-electron chi connectivity index (χ0n) is 10.3. The summed E-state index contributed by atoms with van der Waals surface area (Å²) in [7, 11) is 0. The Labute approximate surface area is 113 Å². The fourth-order valence-electron chi connectivity index (χ4n) is 1.78. The summed E-state index contributed by atoms with van der Waals surface area (Å²) in [6, 6.07) is 0.267. The van der Waals surface area contributed by atoms with Gasteiger partial charge in [0.1, 0.15) is 5.01 Å². The van der Waals surface area contributed by atoms with Crippen molar-refractivity contribution in [2.45, 2.75) is 26.4 Å². The van der Waals surface area contributed by atoms with Crippen LogP contribution < -0.4 is 5.32 Å². The van der Waals surface area contributed by atoms with Crippen molar-refractivity contribution < 1.29 is 0 Å². The van der Waals surface area contributed by atoms with E-state index < -0.39 is 0 Å². The van der Waals surface area contributed by atoms with Crippen LogP contribution in [0.5, 0.6) is 0 Å². The predicted molar refractivity (Wildman–Crippen MR) is 75.2 cm³/mol. The van der Waals surface area contributed by atoms with E-state index in [1.165, 1.54) is 0 Å². The van der Waals surface area contributed by atoms with Gasteiger partial charge in [0.25, 0.3) is 0 Å². The first-order valence-corrected chi connectivity index (χ1v) is 7.55. The van der Waals surface area contributed by atoms with Crippen molar-refractivity contribution in [1.82, 2.24) is 19.7 Å². The maximum atomic E-state index is 4.55. The summed E-state index contributed by atoms with van der Waals surface area (Å²) in [6.07, 6.45) is 4.10. The van der Waals surface area contributed by atoms with Crippen LogP contribution in [0.3, 0.4) is 0 Å². The SMILES string of the molecule is Cc1csc(C(C)NCc2cn3ccsc3n2)n1. The number of nitrogens with one attached hydrogen (secondary N) is 1. The van der Waals surface area contributed by atoms with Gasteiger partial charge in [-0.25, -0.2) is 9.97 Å². The molecule has 3 rings (SSSR count). The zero-order valence-corrected chi connectivity index (χ0v) is 11.9. The summed E-state index contributed by atoms with van der Waals surface area (Å²) in [5.74, 6) is 0. The van der Waals surface area contributed by atoms with Crippen LogP contribution in [-0.2, 0) is 6.54 Å². The molecule has 94 valence electrons. The van der Waals surface area contributed by atoms with Crippen molar-refractivity contribution in [3.63, 3.8) is 0 Å². The third-order valence-electron chi connectivity index (χ3n) is 2.74. The summed E-state index contributed by atoms with van der Waals surface area (Å²) in [4.78, 5) is 10.1. The molecule has 0 spiro atoms. The molecule has 1 N–H and O–H groups in total. The quantitative estimate of drug-likeness (QED) is 0.797. The number of hydrogen-bond donors (Lipinski definition) is 1. The Morgan fingerprint density at radius 2 is 2.28 bits per heavy atom. The number of aryl methyl sites for hydroxylation is 1. The monoisotopic (exact) mass is 278 g/mol. The van der Waals surface area contributed by atoms with Gasteiger partial charge in [-0.2, -0.15) is 0 Å². The number of aromatic nitrogens is 3. The fourth-order valence-corrected chi connectivity index (χ4v) is 3.32. The third-order valence-corrected chi connectivity index (χ3v) is 4.66. The number of thiazole rings is 2. The summed E-state index contributed by atoms with van der Waals surface area (Å²) in [5, 5.41) is 8.71. The maximum Gasteiger partial charge on any atom is 0.193 e. The second kappa shape index (κ2) is 4.79. The van der Waals surface area contributed by atoms with Crippen molar-refractivity contribution >= 4 is 27.6 Å². The minimum absolute atomic E-state index is 0.267. The lowest BCUT2D eigenvalue weighted by Crippen LogP contribution is -2.18. The highest BCUT2D eigenvalue weighted by Crippen LogP contribution is 2.18. The van der Waals surface area contributed by atoms with Gasteiger partial charge in [0.05, 0.1) is 11.7 Å². The summed E-state index contributed by atoms with van der Waals surface area (Å²) in [5.41, 5.74) is 2.16. The lowest BCUT2D eigenvalue weighted by Gasteiger charge is -2.09. The molecule has 4 nitrogen and oxygen atoms in total. The zero-order chi connectivity index (χ0) is 12.5. The molecule has 0 aliphatic rings. The highest BCUT2D eigenvalue weighted by atomic mass is 32.1. The van der Waals surface area contributed by atoms with Crippen LogP contribution in [0.15, 0.2) is 23.2 Å². The molecule has 0 saturated heterocycles. The number of fused-ring (bicyclic) bond motifs is 1. The molecule has 0 aliphatic carbocycles. The van der Waals surface area contributed by atoms with E-state index in [4.69, 9.17) is 0 Å². The van der Waals surface area contributed by atoms with E-state index in [9.17, 15) is 0 Å². The van der Waals surface area contributed by atoms with Gasteiger partial charge in [-0.05, 0) is 13.8 Å². The number of imidazole rings is 1. The lowest BCUT2D eigenvalue weighted by molar-refractivity contribution is 0.566. The third kappa shape index (κ3) is 2.31. The average Bonchev–Trinajstić information content (AvgIpc) is 3.00. The Bertz CT molecular complexity index is 623. The highest BCUT2D eigenvalue weighted by molar-refractivity contribution is 7.15. The second-order valence-corrected chi connectivity index (χ2v) is 6.02. The van der Waals surface area contributed by atoms with Gasteiger partial charge in [0, 0.05) is 35.4 Å². The number of rotatable bonds is 4. The van der Waals surface area contributed by atoms with Crippen LogP contribution in [0, 0.1) is 6.92 Å². The molecule has 6 heteroatoms. The van der Waals surface area contributed by atoms with Crippen LogP contribution in [0.4, 0.5) is 0 Å². The lowest BCUT2D eigenvalue weighted by atomic mass is 10.3. The predicted octanol–water partition coefficient (Wildman–Crippen LogP) is 3.01. The molecule has 3 aromatic rings. The van der Waals surface area contributed by atoms with E-state index >= 15 is 0 Å². The second-order valence-electron chi connectivity index (χ2n) is 4.25. The van der Waals surface area contributed by atoms with Gasteiger partial charge in [0.15, 0.2) is 4.96 Å². The van der Waals surface area contributed by atoms with E-state index in [1.54, 1.807) is 22.7 Å². The molecule has 0 saturated carbocycles. The average molecular weight is 278 g/mol. The van der Waals surface area contributed by atoms with Crippen molar-refractivity contribution in [3.05, 3.63) is 39.5 Å². The molecule has 3 heterocycles. The van der Waals surface area contributed by atoms with Crippen LogP contribution in [0.1, 0.15) is 29.4 Å². The summed E-state index contributed by atoms with van der Waals surface area (Å²) < 4.78 is 2.06. The molecule has 0 aliphatic heterocycles. The largest absolute Gasteiger partial charge is 0.302 e. The first kappa shape index (κ1) is 11.8. The van der Waals surface area contributed by atoms with Crippen molar-refractivity contribution in [1.29, 1.82) is 0 Å². The fraction of sp³-hybridized carbons (Fsp3) is 0.333. The molecule has 3 aromatic heterocycles. The van der Waals surface area contributed by atoms with E-state index in [0.717, 1.165) is 27.9 Å². The van der Waals surface area contributed by atoms with E-state index in [0.29, 0.717) is 0 Å². The van der Waals surface area contributed by atoms with Crippen molar-refractivity contribution in [2.24, 2.45) is 0 Å². The highest BCUT2D eigenvalue weighted by Gasteiger charge is 2.10. The van der Waals surface area contributed by atoms with Crippen LogP contribution in [0.25, 0.3) is 4.96 Å². The molecule has 18 heavy (non-hydrogen) atoms. The number of nitrogens with zero attached hydrogens (tertiary/aromatic N) is 3. The Kier molecular flexibility index (Phi) is 3.15. The van der Waals surface area contributed by atoms with E-state index in [2.05, 4.69) is 38.2 Å². The van der Waals surface area contributed by atoms with Gasteiger partial charge in [-0.1, -0.05) is 0 Å². The molecule has 0 amide bonds. The molecule has 0 radical (unpaired) electrons. The minimum Gasteiger partial charge on any atom is -0.302 e. The van der Waals surface area contributed by atoms with Crippen molar-refractivity contribution in [3.8, 4) is 0 Å². The molecule has 1 atom stereocenters. The molecular weight excluding hydrogens is 264 g/mol. The molecule has 1 unspecified atom stereocenters. The van der Waals surface area contributed by atoms with Gasteiger partial charge in [0.2, 0.25) is 0 Å². The Hall–Kier alpha value is -1.24. The summed E-state index contributed by atoms with van der Waals surface area (Å²) in [6.45, 7) is 4.93. The molecular formula is C12H14N4S2. The first-order chi connectivity index (χ1) is 8.72. The van der Waals surface area contributed by atoms with Crippen LogP contribution >= 0.6 is 22.7 Å². The molecule has 0 bridgehead atoms. The van der Waals surface area contributed by atoms with Gasteiger partial charge < -0.3 is 5.32 Å². The normalized spacial score (nSPS) is 13.2.